The molecule has 0 amide bonds. The molecule has 1 unspecified atom stereocenters. The van der Waals surface area contributed by atoms with E-state index in [1.807, 2.05) is 6.07 Å². The van der Waals surface area contributed by atoms with E-state index in [4.69, 9.17) is 16.3 Å². The summed E-state index contributed by atoms with van der Waals surface area (Å²) >= 11 is 5.73. The molecule has 0 fully saturated rings. The van der Waals surface area contributed by atoms with Gasteiger partial charge in [0.05, 0.1) is 12.6 Å². The first-order chi connectivity index (χ1) is 7.80. The molecule has 1 aromatic heterocycles. The molecule has 1 heterocycles. The van der Waals surface area contributed by atoms with E-state index in [1.54, 1.807) is 13.4 Å². The summed E-state index contributed by atoms with van der Waals surface area (Å²) in [6, 6.07) is 2.15. The van der Waals surface area contributed by atoms with Crippen LogP contribution in [0.4, 0.5) is 5.82 Å². The second-order valence-corrected chi connectivity index (χ2v) is 3.90. The molecule has 1 atom stereocenters. The first kappa shape index (κ1) is 13.2. The van der Waals surface area contributed by atoms with Crippen LogP contribution in [0.2, 0.25) is 0 Å². The molecule has 0 aromatic carbocycles. The molecule has 0 bridgehead atoms. The van der Waals surface area contributed by atoms with E-state index >= 15 is 0 Å². The number of hydrogen-bond acceptors (Lipinski definition) is 4. The summed E-state index contributed by atoms with van der Waals surface area (Å²) in [5, 5.41) is 3.30. The largest absolute Gasteiger partial charge is 0.383 e. The monoisotopic (exact) mass is 243 g/mol. The number of nitrogens with zero attached hydrogens (tertiary/aromatic N) is 2. The molecule has 90 valence electrons. The number of ether oxygens (including phenoxy) is 1. The minimum atomic E-state index is 0.196. The van der Waals surface area contributed by atoms with Crippen LogP contribution >= 0.6 is 11.6 Å². The topological polar surface area (TPSA) is 47.0 Å². The van der Waals surface area contributed by atoms with E-state index in [0.717, 1.165) is 24.4 Å². The van der Waals surface area contributed by atoms with Crippen LogP contribution in [0, 0.1) is 0 Å². The Kier molecular flexibility index (Phi) is 6.11. The van der Waals surface area contributed by atoms with Gasteiger partial charge in [-0.25, -0.2) is 9.97 Å². The number of halogens is 1. The van der Waals surface area contributed by atoms with E-state index in [9.17, 15) is 0 Å². The molecule has 1 N–H and O–H groups in total. The van der Waals surface area contributed by atoms with Crippen molar-refractivity contribution >= 4 is 17.4 Å². The lowest BCUT2D eigenvalue weighted by molar-refractivity contribution is 0.184. The molecule has 16 heavy (non-hydrogen) atoms. The van der Waals surface area contributed by atoms with Crippen molar-refractivity contribution in [2.75, 3.05) is 24.9 Å². The summed E-state index contributed by atoms with van der Waals surface area (Å²) in [6.45, 7) is 2.69. The van der Waals surface area contributed by atoms with Gasteiger partial charge in [0.25, 0.3) is 0 Å². The van der Waals surface area contributed by atoms with Crippen molar-refractivity contribution in [2.24, 2.45) is 0 Å². The van der Waals surface area contributed by atoms with Gasteiger partial charge in [0.2, 0.25) is 0 Å². The molecule has 0 aliphatic heterocycles. The normalized spacial score (nSPS) is 12.4. The van der Waals surface area contributed by atoms with Gasteiger partial charge in [0.1, 0.15) is 12.1 Å². The lowest BCUT2D eigenvalue weighted by atomic mass is 10.2. The third kappa shape index (κ3) is 4.33. The zero-order valence-corrected chi connectivity index (χ0v) is 10.5. The van der Waals surface area contributed by atoms with Gasteiger partial charge < -0.3 is 10.1 Å². The number of aryl methyl sites for hydroxylation is 1. The summed E-state index contributed by atoms with van der Waals surface area (Å²) in [7, 11) is 1.68. The molecule has 0 saturated carbocycles. The predicted molar refractivity (Wildman–Crippen MR) is 66.0 cm³/mol. The molecule has 5 heteroatoms. The Bertz CT molecular complexity index is 303. The minimum Gasteiger partial charge on any atom is -0.383 e. The highest BCUT2D eigenvalue weighted by molar-refractivity contribution is 6.17. The predicted octanol–water partition coefficient (Wildman–Crippen LogP) is 2.09. The van der Waals surface area contributed by atoms with Crippen molar-refractivity contribution in [1.82, 2.24) is 9.97 Å². The first-order valence-electron chi connectivity index (χ1n) is 5.42. The van der Waals surface area contributed by atoms with Gasteiger partial charge in [-0.05, 0) is 12.8 Å². The van der Waals surface area contributed by atoms with Crippen LogP contribution < -0.4 is 5.32 Å². The van der Waals surface area contributed by atoms with Crippen LogP contribution in [0.15, 0.2) is 12.4 Å². The van der Waals surface area contributed by atoms with E-state index in [1.165, 1.54) is 0 Å². The lowest BCUT2D eigenvalue weighted by Gasteiger charge is -2.17. The number of rotatable bonds is 7. The molecule has 0 aliphatic rings. The van der Waals surface area contributed by atoms with Gasteiger partial charge in [-0.15, -0.1) is 11.6 Å². The standard InChI is InChI=1S/C11H18ClN3O/c1-3-9-6-11(14-8-13-9)15-10(4-5-12)7-16-2/h6,8,10H,3-5,7H2,1-2H3,(H,13,14,15). The SMILES string of the molecule is CCc1cc(NC(CCCl)COC)ncn1. The fourth-order valence-electron chi connectivity index (χ4n) is 1.41. The first-order valence-corrected chi connectivity index (χ1v) is 5.96. The third-order valence-electron chi connectivity index (χ3n) is 2.26. The van der Waals surface area contributed by atoms with Crippen molar-refractivity contribution in [3.8, 4) is 0 Å². The quantitative estimate of drug-likeness (QED) is 0.745. The zero-order chi connectivity index (χ0) is 11.8. The summed E-state index contributed by atoms with van der Waals surface area (Å²) in [4.78, 5) is 8.32. The number of aromatic nitrogens is 2. The van der Waals surface area contributed by atoms with Crippen LogP contribution in [-0.2, 0) is 11.2 Å². The van der Waals surface area contributed by atoms with Gasteiger partial charge in [-0.2, -0.15) is 0 Å². The molecule has 4 nitrogen and oxygen atoms in total. The molecule has 0 radical (unpaired) electrons. The van der Waals surface area contributed by atoms with Crippen LogP contribution in [0.25, 0.3) is 0 Å². The number of anilines is 1. The summed E-state index contributed by atoms with van der Waals surface area (Å²) in [5.41, 5.74) is 1.03. The Morgan fingerprint density at radius 3 is 2.94 bits per heavy atom. The van der Waals surface area contributed by atoms with E-state index in [0.29, 0.717) is 12.5 Å². The van der Waals surface area contributed by atoms with Gasteiger partial charge in [-0.1, -0.05) is 6.92 Å². The summed E-state index contributed by atoms with van der Waals surface area (Å²) in [6.07, 6.45) is 3.33. The highest BCUT2D eigenvalue weighted by atomic mass is 35.5. The number of hydrogen-bond donors (Lipinski definition) is 1. The maximum atomic E-state index is 5.73. The van der Waals surface area contributed by atoms with Crippen LogP contribution in [-0.4, -0.2) is 35.6 Å². The molecule has 0 saturated heterocycles. The van der Waals surface area contributed by atoms with Gasteiger partial charge in [-0.3, -0.25) is 0 Å². The number of nitrogens with one attached hydrogen (secondary N) is 1. The van der Waals surface area contributed by atoms with Crippen molar-refractivity contribution < 1.29 is 4.74 Å². The Morgan fingerprint density at radius 1 is 1.50 bits per heavy atom. The fourth-order valence-corrected chi connectivity index (χ4v) is 1.67. The lowest BCUT2D eigenvalue weighted by Crippen LogP contribution is -2.26. The van der Waals surface area contributed by atoms with E-state index in [-0.39, 0.29) is 6.04 Å². The van der Waals surface area contributed by atoms with Crippen molar-refractivity contribution in [1.29, 1.82) is 0 Å². The van der Waals surface area contributed by atoms with Gasteiger partial charge in [0, 0.05) is 24.8 Å². The molecular weight excluding hydrogens is 226 g/mol. The maximum Gasteiger partial charge on any atom is 0.129 e. The minimum absolute atomic E-state index is 0.196. The molecule has 0 spiro atoms. The maximum absolute atomic E-state index is 5.73. The third-order valence-corrected chi connectivity index (χ3v) is 2.48. The van der Waals surface area contributed by atoms with E-state index < -0.39 is 0 Å². The Hall–Kier alpha value is -0.870. The van der Waals surface area contributed by atoms with Crippen molar-refractivity contribution in [2.45, 2.75) is 25.8 Å². The average molecular weight is 244 g/mol. The van der Waals surface area contributed by atoms with Gasteiger partial charge >= 0.3 is 0 Å². The second kappa shape index (κ2) is 7.41. The number of alkyl halides is 1. The molecule has 1 rings (SSSR count). The summed E-state index contributed by atoms with van der Waals surface area (Å²) in [5.74, 6) is 1.44. The van der Waals surface area contributed by atoms with Crippen molar-refractivity contribution in [3.05, 3.63) is 18.1 Å². The fraction of sp³-hybridized carbons (Fsp3) is 0.636. The van der Waals surface area contributed by atoms with Crippen LogP contribution in [0.3, 0.4) is 0 Å². The second-order valence-electron chi connectivity index (χ2n) is 3.52. The molecule has 1 aromatic rings. The Morgan fingerprint density at radius 2 is 2.31 bits per heavy atom. The summed E-state index contributed by atoms with van der Waals surface area (Å²) < 4.78 is 5.12. The molecular formula is C11H18ClN3O. The van der Waals surface area contributed by atoms with Crippen molar-refractivity contribution in [3.63, 3.8) is 0 Å². The Balaban J connectivity index is 2.60. The Labute approximate surface area is 101 Å². The average Bonchev–Trinajstić information content (AvgIpc) is 2.30. The van der Waals surface area contributed by atoms with E-state index in [2.05, 4.69) is 22.2 Å². The zero-order valence-electron chi connectivity index (χ0n) is 9.74. The van der Waals surface area contributed by atoms with Crippen LogP contribution in [0.5, 0.6) is 0 Å². The highest BCUT2D eigenvalue weighted by Gasteiger charge is 2.08. The smallest absolute Gasteiger partial charge is 0.129 e. The molecule has 0 aliphatic carbocycles. The van der Waals surface area contributed by atoms with Crippen LogP contribution in [0.1, 0.15) is 19.0 Å². The highest BCUT2D eigenvalue weighted by Crippen LogP contribution is 2.08. The van der Waals surface area contributed by atoms with Gasteiger partial charge in [0.15, 0.2) is 0 Å². The number of methoxy groups -OCH3 is 1.